The van der Waals surface area contributed by atoms with Gasteiger partial charge in [-0.1, -0.05) is 6.07 Å². The predicted octanol–water partition coefficient (Wildman–Crippen LogP) is -0.139. The molecule has 1 rings (SSSR count). The smallest absolute Gasteiger partial charge is 0.327 e. The fourth-order valence-corrected chi connectivity index (χ4v) is 1.36. The topological polar surface area (TPSA) is 116 Å². The van der Waals surface area contributed by atoms with E-state index in [1.807, 2.05) is 0 Å². The highest BCUT2D eigenvalue weighted by Gasteiger charge is 2.31. The van der Waals surface area contributed by atoms with Crippen molar-refractivity contribution in [3.05, 3.63) is 34.1 Å². The molecule has 0 aliphatic heterocycles. The number of halogens is 1. The second kappa shape index (κ2) is 5.71. The molecular weight excluding hydrogens is 247 g/mol. The molecule has 0 saturated carbocycles. The molecule has 18 heavy (non-hydrogen) atoms. The lowest BCUT2D eigenvalue weighted by molar-refractivity contribution is -0.386. The first-order chi connectivity index (χ1) is 8.49. The number of rotatable bonds is 6. The van der Waals surface area contributed by atoms with Gasteiger partial charge in [0, 0.05) is 0 Å². The zero-order valence-electron chi connectivity index (χ0n) is 9.34. The van der Waals surface area contributed by atoms with Crippen LogP contribution in [0, 0.1) is 15.9 Å². The van der Waals surface area contributed by atoms with Gasteiger partial charge in [0.1, 0.15) is 11.2 Å². The van der Waals surface area contributed by atoms with Crippen LogP contribution in [0.3, 0.4) is 0 Å². The molecule has 100 valence electrons. The van der Waals surface area contributed by atoms with Gasteiger partial charge in [-0.25, -0.2) is 0 Å². The average Bonchev–Trinajstić information content (AvgIpc) is 2.35. The van der Waals surface area contributed by atoms with Gasteiger partial charge in [-0.05, 0) is 12.1 Å². The average molecular weight is 260 g/mol. The first-order valence-electron chi connectivity index (χ1n) is 5.03. The number of hydrogen-bond donors (Lipinski definition) is 4. The Balaban J connectivity index is 3.18. The van der Waals surface area contributed by atoms with Crippen LogP contribution in [0.4, 0.5) is 15.8 Å². The van der Waals surface area contributed by atoms with Crippen LogP contribution in [0.5, 0.6) is 0 Å². The Morgan fingerprint density at radius 2 is 1.83 bits per heavy atom. The Kier molecular flexibility index (Phi) is 4.54. The van der Waals surface area contributed by atoms with Crippen LogP contribution in [0.2, 0.25) is 0 Å². The summed E-state index contributed by atoms with van der Waals surface area (Å²) in [6.07, 6.45) is 0. The van der Waals surface area contributed by atoms with E-state index in [2.05, 4.69) is 5.32 Å². The molecule has 0 radical (unpaired) electrons. The quantitative estimate of drug-likeness (QED) is 0.418. The third-order valence-electron chi connectivity index (χ3n) is 2.48. The summed E-state index contributed by atoms with van der Waals surface area (Å²) < 4.78 is 13.3. The fraction of sp³-hybridized carbons (Fsp3) is 0.400. The van der Waals surface area contributed by atoms with E-state index in [-0.39, 0.29) is 5.69 Å². The molecule has 0 heterocycles. The standard InChI is InChI=1S/C10H13FN2O5/c11-7-2-1-3-8(9(7)13(17)18)12-10(4-14,5-15)6-16/h1-3,12,14-16H,4-6H2. The number of nitrogens with one attached hydrogen (secondary N) is 1. The summed E-state index contributed by atoms with van der Waals surface area (Å²) >= 11 is 0. The van der Waals surface area contributed by atoms with Crippen LogP contribution < -0.4 is 5.32 Å². The van der Waals surface area contributed by atoms with Crippen molar-refractivity contribution in [2.45, 2.75) is 5.54 Å². The highest BCUT2D eigenvalue weighted by molar-refractivity contribution is 5.63. The SMILES string of the molecule is O=[N+]([O-])c1c(F)cccc1NC(CO)(CO)CO. The Labute approximate surface area is 102 Å². The van der Waals surface area contributed by atoms with Crippen molar-refractivity contribution in [1.29, 1.82) is 0 Å². The first kappa shape index (κ1) is 14.3. The number of nitro groups is 1. The molecule has 0 bridgehead atoms. The van der Waals surface area contributed by atoms with Gasteiger partial charge < -0.3 is 20.6 Å². The van der Waals surface area contributed by atoms with E-state index in [1.165, 1.54) is 12.1 Å². The lowest BCUT2D eigenvalue weighted by Crippen LogP contribution is -2.49. The minimum atomic E-state index is -1.56. The van der Waals surface area contributed by atoms with E-state index >= 15 is 0 Å². The molecule has 1 aromatic carbocycles. The number of nitrogens with zero attached hydrogens (tertiary/aromatic N) is 1. The highest BCUT2D eigenvalue weighted by Crippen LogP contribution is 2.29. The molecule has 0 aliphatic carbocycles. The second-order valence-electron chi connectivity index (χ2n) is 3.77. The summed E-state index contributed by atoms with van der Waals surface area (Å²) in [6, 6.07) is 3.38. The fourth-order valence-electron chi connectivity index (χ4n) is 1.36. The predicted molar refractivity (Wildman–Crippen MR) is 60.7 cm³/mol. The minimum Gasteiger partial charge on any atom is -0.394 e. The van der Waals surface area contributed by atoms with Gasteiger partial charge in [-0.3, -0.25) is 10.1 Å². The molecule has 0 fully saturated rings. The minimum absolute atomic E-state index is 0.225. The third kappa shape index (κ3) is 2.73. The Hall–Kier alpha value is -1.77. The second-order valence-corrected chi connectivity index (χ2v) is 3.77. The van der Waals surface area contributed by atoms with Gasteiger partial charge >= 0.3 is 5.69 Å². The van der Waals surface area contributed by atoms with Gasteiger partial charge in [0.15, 0.2) is 0 Å². The monoisotopic (exact) mass is 260 g/mol. The number of hydrogen-bond acceptors (Lipinski definition) is 6. The van der Waals surface area contributed by atoms with Crippen LogP contribution >= 0.6 is 0 Å². The van der Waals surface area contributed by atoms with E-state index in [4.69, 9.17) is 15.3 Å². The molecule has 0 amide bonds. The number of para-hydroxylation sites is 1. The highest BCUT2D eigenvalue weighted by atomic mass is 19.1. The number of aliphatic hydroxyl groups is 3. The van der Waals surface area contributed by atoms with E-state index in [0.29, 0.717) is 0 Å². The largest absolute Gasteiger partial charge is 0.394 e. The maximum Gasteiger partial charge on any atom is 0.327 e. The third-order valence-corrected chi connectivity index (χ3v) is 2.48. The lowest BCUT2D eigenvalue weighted by atomic mass is 10.0. The summed E-state index contributed by atoms with van der Waals surface area (Å²) in [5.41, 5.74) is -2.59. The summed E-state index contributed by atoms with van der Waals surface area (Å²) in [6.45, 7) is -2.02. The molecule has 0 atom stereocenters. The van der Waals surface area contributed by atoms with E-state index < -0.39 is 41.8 Å². The molecule has 4 N–H and O–H groups in total. The normalized spacial score (nSPS) is 11.3. The summed E-state index contributed by atoms with van der Waals surface area (Å²) in [5.74, 6) is -1.05. The number of anilines is 1. The number of benzene rings is 1. The van der Waals surface area contributed by atoms with Crippen LogP contribution in [0.1, 0.15) is 0 Å². The van der Waals surface area contributed by atoms with Crippen molar-refractivity contribution in [1.82, 2.24) is 0 Å². The molecule has 0 aromatic heterocycles. The Bertz CT molecular complexity index is 428. The molecule has 0 saturated heterocycles. The van der Waals surface area contributed by atoms with Gasteiger partial charge in [-0.2, -0.15) is 4.39 Å². The molecule has 0 unspecified atom stereocenters. The van der Waals surface area contributed by atoms with Crippen LogP contribution in [-0.4, -0.2) is 45.6 Å². The zero-order valence-corrected chi connectivity index (χ0v) is 9.34. The molecule has 0 spiro atoms. The molecule has 8 heteroatoms. The van der Waals surface area contributed by atoms with Crippen molar-refractivity contribution in [3.63, 3.8) is 0 Å². The van der Waals surface area contributed by atoms with E-state index in [9.17, 15) is 14.5 Å². The van der Waals surface area contributed by atoms with Crippen LogP contribution in [0.25, 0.3) is 0 Å². The summed E-state index contributed by atoms with van der Waals surface area (Å²) in [4.78, 5) is 9.81. The summed E-state index contributed by atoms with van der Waals surface area (Å²) in [5, 5.41) is 40.4. The van der Waals surface area contributed by atoms with Gasteiger partial charge in [0.05, 0.1) is 24.7 Å². The molecule has 0 aliphatic rings. The van der Waals surface area contributed by atoms with Crippen molar-refractivity contribution < 1.29 is 24.6 Å². The number of nitro benzene ring substituents is 1. The maximum absolute atomic E-state index is 13.3. The van der Waals surface area contributed by atoms with E-state index in [0.717, 1.165) is 6.07 Å². The Morgan fingerprint density at radius 3 is 2.28 bits per heavy atom. The van der Waals surface area contributed by atoms with Gasteiger partial charge in [0.25, 0.3) is 0 Å². The molecule has 7 nitrogen and oxygen atoms in total. The Morgan fingerprint density at radius 1 is 1.28 bits per heavy atom. The zero-order chi connectivity index (χ0) is 13.8. The van der Waals surface area contributed by atoms with Gasteiger partial charge in [-0.15, -0.1) is 0 Å². The van der Waals surface area contributed by atoms with Crippen molar-refractivity contribution in [2.24, 2.45) is 0 Å². The first-order valence-corrected chi connectivity index (χ1v) is 5.03. The van der Waals surface area contributed by atoms with Gasteiger partial charge in [0.2, 0.25) is 5.82 Å². The van der Waals surface area contributed by atoms with Crippen molar-refractivity contribution in [2.75, 3.05) is 25.1 Å². The van der Waals surface area contributed by atoms with Crippen LogP contribution in [-0.2, 0) is 0 Å². The van der Waals surface area contributed by atoms with Crippen molar-refractivity contribution in [3.8, 4) is 0 Å². The lowest BCUT2D eigenvalue weighted by Gasteiger charge is -2.29. The van der Waals surface area contributed by atoms with Crippen LogP contribution in [0.15, 0.2) is 18.2 Å². The molecule has 1 aromatic rings. The van der Waals surface area contributed by atoms with E-state index in [1.54, 1.807) is 0 Å². The van der Waals surface area contributed by atoms with Crippen molar-refractivity contribution >= 4 is 11.4 Å². The number of aliphatic hydroxyl groups excluding tert-OH is 3. The summed E-state index contributed by atoms with van der Waals surface area (Å²) in [7, 11) is 0. The maximum atomic E-state index is 13.3. The molecular formula is C10H13FN2O5.